The minimum atomic E-state index is -2.68. The summed E-state index contributed by atoms with van der Waals surface area (Å²) in [5.74, 6) is -5.88. The van der Waals surface area contributed by atoms with Crippen LogP contribution in [0.2, 0.25) is 0 Å². The van der Waals surface area contributed by atoms with Crippen molar-refractivity contribution < 1.29 is 49.1 Å². The number of nitrogens with zero attached hydrogens (tertiary/aromatic N) is 1. The summed E-state index contributed by atoms with van der Waals surface area (Å²) in [5.41, 5.74) is 5.38. The number of carboxylic acid groups (broad SMARTS) is 2. The van der Waals surface area contributed by atoms with Gasteiger partial charge in [0.1, 0.15) is 17.7 Å². The lowest BCUT2D eigenvalue weighted by molar-refractivity contribution is -0.159. The lowest BCUT2D eigenvalue weighted by atomic mass is 9.64. The van der Waals surface area contributed by atoms with Gasteiger partial charge in [0.15, 0.2) is 0 Å². The fourth-order valence-electron chi connectivity index (χ4n) is 7.52. The highest BCUT2D eigenvalue weighted by atomic mass is 32.2. The van der Waals surface area contributed by atoms with Crippen LogP contribution in [0.1, 0.15) is 63.9 Å². The van der Waals surface area contributed by atoms with Gasteiger partial charge in [0, 0.05) is 36.9 Å². The van der Waals surface area contributed by atoms with Gasteiger partial charge >= 0.3 is 17.9 Å². The van der Waals surface area contributed by atoms with Crippen LogP contribution in [0.3, 0.4) is 0 Å². The Morgan fingerprint density at radius 1 is 1.16 bits per heavy atom. The number of thioether (sulfide) groups is 1. The van der Waals surface area contributed by atoms with Crippen LogP contribution in [0.5, 0.6) is 0 Å². The van der Waals surface area contributed by atoms with E-state index in [9.17, 15) is 39.3 Å². The molecule has 15 heteroatoms. The number of hydrogen-bond acceptors (Lipinski definition) is 11. The monoisotopic (exact) mass is 698 g/mol. The molecule has 1 aromatic heterocycles. The van der Waals surface area contributed by atoms with Crippen molar-refractivity contribution >= 4 is 41.5 Å². The van der Waals surface area contributed by atoms with Gasteiger partial charge in [-0.05, 0) is 60.8 Å². The van der Waals surface area contributed by atoms with Gasteiger partial charge in [0.25, 0.3) is 0 Å². The number of rotatable bonds is 15. The van der Waals surface area contributed by atoms with Crippen LogP contribution in [0, 0.1) is 17.3 Å². The van der Waals surface area contributed by atoms with Gasteiger partial charge in [-0.1, -0.05) is 43.6 Å². The maximum Gasteiger partial charge on any atom is 0.353 e. The Morgan fingerprint density at radius 2 is 1.86 bits per heavy atom. The molecule has 3 aliphatic carbocycles. The molecule has 264 valence electrons. The SMILES string of the molecule is CCC1(C2(SCC(NC(=O)CCC(N)(O)C(=O)O)C(=O)NC(O)C(=O)O)C=CC3CC(Cc4ccncc4)=CC4C(=O)OC2=C34)CCCC1. The van der Waals surface area contributed by atoms with E-state index in [1.165, 1.54) is 11.8 Å². The molecule has 6 unspecified atom stereocenters. The summed E-state index contributed by atoms with van der Waals surface area (Å²) in [4.78, 5) is 66.5. The molecule has 0 aromatic carbocycles. The van der Waals surface area contributed by atoms with E-state index in [1.807, 2.05) is 23.5 Å². The fourth-order valence-corrected chi connectivity index (χ4v) is 9.31. The summed E-state index contributed by atoms with van der Waals surface area (Å²) in [7, 11) is 0. The molecule has 14 nitrogen and oxygen atoms in total. The number of aliphatic hydroxyl groups is 2. The molecule has 49 heavy (non-hydrogen) atoms. The number of carbonyl (C=O) groups is 5. The Kier molecular flexibility index (Phi) is 10.7. The van der Waals surface area contributed by atoms with Gasteiger partial charge < -0.3 is 35.8 Å². The van der Waals surface area contributed by atoms with E-state index in [2.05, 4.69) is 29.4 Å². The summed E-state index contributed by atoms with van der Waals surface area (Å²) < 4.78 is 5.30. The summed E-state index contributed by atoms with van der Waals surface area (Å²) in [6.07, 6.45) is 11.8. The number of amides is 2. The Labute approximate surface area is 287 Å². The Hall–Kier alpha value is -4.05. The van der Waals surface area contributed by atoms with Crippen LogP contribution in [0.15, 0.2) is 59.7 Å². The molecule has 6 atom stereocenters. The molecular weight excluding hydrogens is 656 g/mol. The van der Waals surface area contributed by atoms with Crippen LogP contribution in [-0.2, 0) is 35.1 Å². The highest BCUT2D eigenvalue weighted by Crippen LogP contribution is 2.64. The van der Waals surface area contributed by atoms with Crippen LogP contribution in [-0.4, -0.2) is 83.6 Å². The smallest absolute Gasteiger partial charge is 0.353 e. The number of nitrogens with one attached hydrogen (secondary N) is 2. The van der Waals surface area contributed by atoms with Crippen LogP contribution in [0.4, 0.5) is 0 Å². The van der Waals surface area contributed by atoms with Gasteiger partial charge in [0.2, 0.25) is 23.8 Å². The number of pyridine rings is 1. The molecule has 0 saturated heterocycles. The summed E-state index contributed by atoms with van der Waals surface area (Å²) in [6.45, 7) is 2.08. The van der Waals surface area contributed by atoms with E-state index in [4.69, 9.17) is 15.6 Å². The van der Waals surface area contributed by atoms with Crippen molar-refractivity contribution in [2.75, 3.05) is 5.75 Å². The number of aliphatic carboxylic acids is 2. The first-order valence-electron chi connectivity index (χ1n) is 16.3. The largest absolute Gasteiger partial charge is 0.478 e. The third-order valence-corrected chi connectivity index (χ3v) is 11.9. The minimum Gasteiger partial charge on any atom is -0.478 e. The number of aliphatic hydroxyl groups excluding tert-OH is 1. The van der Waals surface area contributed by atoms with Crippen LogP contribution < -0.4 is 16.4 Å². The van der Waals surface area contributed by atoms with Gasteiger partial charge in [-0.25, -0.2) is 9.59 Å². The van der Waals surface area contributed by atoms with Crippen molar-refractivity contribution in [2.24, 2.45) is 23.0 Å². The van der Waals surface area contributed by atoms with Crippen molar-refractivity contribution in [1.82, 2.24) is 15.6 Å². The van der Waals surface area contributed by atoms with E-state index in [-0.39, 0.29) is 23.1 Å². The normalized spacial score (nSPS) is 26.1. The number of carboxylic acids is 2. The first-order valence-corrected chi connectivity index (χ1v) is 17.3. The second-order valence-electron chi connectivity index (χ2n) is 13.2. The zero-order valence-corrected chi connectivity index (χ0v) is 27.9. The molecule has 2 amide bonds. The first kappa shape index (κ1) is 36.2. The topological polar surface area (TPSA) is 238 Å². The molecule has 5 rings (SSSR count). The molecule has 1 aromatic rings. The van der Waals surface area contributed by atoms with E-state index in [1.54, 1.807) is 12.4 Å². The van der Waals surface area contributed by atoms with Crippen molar-refractivity contribution in [3.05, 3.63) is 65.2 Å². The number of esters is 1. The number of ether oxygens (including phenoxy) is 1. The predicted octanol–water partition coefficient (Wildman–Crippen LogP) is 1.53. The fraction of sp³-hybridized carbons (Fsp3) is 0.529. The zero-order chi connectivity index (χ0) is 35.6. The second kappa shape index (κ2) is 14.4. The van der Waals surface area contributed by atoms with Crippen LogP contribution in [0.25, 0.3) is 0 Å². The average molecular weight is 699 g/mol. The third-order valence-electron chi connectivity index (χ3n) is 10.2. The van der Waals surface area contributed by atoms with E-state index in [0.717, 1.165) is 48.8 Å². The molecule has 1 aliphatic heterocycles. The van der Waals surface area contributed by atoms with Crippen molar-refractivity contribution in [3.8, 4) is 0 Å². The Bertz CT molecular complexity index is 1590. The summed E-state index contributed by atoms with van der Waals surface area (Å²) >= 11 is 1.31. The zero-order valence-electron chi connectivity index (χ0n) is 27.1. The Balaban J connectivity index is 1.47. The molecule has 0 bridgehead atoms. The molecule has 8 N–H and O–H groups in total. The maximum absolute atomic E-state index is 13.6. The van der Waals surface area contributed by atoms with Gasteiger partial charge in [-0.2, -0.15) is 0 Å². The maximum atomic E-state index is 13.6. The standard InChI is InChI=1S/C34H42N4O10S/c1-2-32(9-3-4-10-32)33(49-18-23(27(40)38-28(41)29(42)43)37-24(39)6-12-34(35,47)31(45)46)11-5-21-16-20(15-19-7-13-36-14-8-19)17-22-25(21)26(33)48-30(22)44/h5,7-8,11,13-14,17,21-23,28,41,47H,2-4,6,9-10,12,15-16,18,35H2,1H3,(H,37,39)(H,38,40)(H,42,43)(H,45,46). The highest BCUT2D eigenvalue weighted by Gasteiger charge is 2.60. The quantitative estimate of drug-likeness (QED) is 0.0782. The van der Waals surface area contributed by atoms with E-state index < -0.39 is 65.3 Å². The summed E-state index contributed by atoms with van der Waals surface area (Å²) in [6, 6.07) is 2.48. The lowest BCUT2D eigenvalue weighted by Crippen LogP contribution is -2.54. The lowest BCUT2D eigenvalue weighted by Gasteiger charge is -2.49. The van der Waals surface area contributed by atoms with Crippen molar-refractivity contribution in [2.45, 2.75) is 87.5 Å². The molecule has 1 fully saturated rings. The predicted molar refractivity (Wildman–Crippen MR) is 176 cm³/mol. The number of allylic oxidation sites excluding steroid dienone is 2. The van der Waals surface area contributed by atoms with Gasteiger partial charge in [0.05, 0.1) is 4.75 Å². The molecule has 1 saturated carbocycles. The highest BCUT2D eigenvalue weighted by molar-refractivity contribution is 8.01. The van der Waals surface area contributed by atoms with Gasteiger partial charge in [-0.15, -0.1) is 11.8 Å². The van der Waals surface area contributed by atoms with E-state index >= 15 is 0 Å². The van der Waals surface area contributed by atoms with Crippen molar-refractivity contribution in [3.63, 3.8) is 0 Å². The number of nitrogens with two attached hydrogens (primary N) is 1. The number of aromatic nitrogens is 1. The average Bonchev–Trinajstić information content (AvgIpc) is 3.70. The first-order chi connectivity index (χ1) is 23.2. The molecule has 0 spiro atoms. The molecule has 2 heterocycles. The summed E-state index contributed by atoms with van der Waals surface area (Å²) in [5, 5.41) is 42.5. The van der Waals surface area contributed by atoms with E-state index in [0.29, 0.717) is 18.6 Å². The molecular formula is C34H42N4O10S. The third kappa shape index (κ3) is 7.30. The molecule has 0 radical (unpaired) electrons. The minimum absolute atomic E-state index is 0.0777. The number of hydrogen-bond donors (Lipinski definition) is 7. The van der Waals surface area contributed by atoms with Gasteiger partial charge in [-0.3, -0.25) is 25.1 Å². The molecule has 4 aliphatic rings. The Morgan fingerprint density at radius 3 is 2.49 bits per heavy atom. The number of carbonyl (C=O) groups excluding carboxylic acids is 3. The van der Waals surface area contributed by atoms with Crippen molar-refractivity contribution in [1.29, 1.82) is 0 Å². The second-order valence-corrected chi connectivity index (χ2v) is 14.5. The van der Waals surface area contributed by atoms with Crippen LogP contribution >= 0.6 is 11.8 Å².